The Labute approximate surface area is 389 Å². The number of fused-ring (bicyclic) bond motifs is 5. The summed E-state index contributed by atoms with van der Waals surface area (Å²) in [6.45, 7) is 24.6. The van der Waals surface area contributed by atoms with Gasteiger partial charge in [-0.3, -0.25) is 4.90 Å². The Bertz CT molecular complexity index is 1310. The van der Waals surface area contributed by atoms with Gasteiger partial charge in [0, 0.05) is 25.7 Å². The maximum Gasteiger partial charge on any atom is 0.0936 e. The van der Waals surface area contributed by atoms with Crippen molar-refractivity contribution in [3.8, 4) is 0 Å². The largest absolute Gasteiger partial charge is 0.379 e. The summed E-state index contributed by atoms with van der Waals surface area (Å²) >= 11 is 0. The second kappa shape index (κ2) is 29.0. The number of nitrogens with zero attached hydrogens (tertiary/aromatic N) is 1. The number of ether oxygens (including phenoxy) is 5. The highest BCUT2D eigenvalue weighted by Gasteiger charge is 2.59. The minimum Gasteiger partial charge on any atom is -0.379 e. The van der Waals surface area contributed by atoms with Crippen LogP contribution in [0, 0.1) is 46.3 Å². The van der Waals surface area contributed by atoms with Gasteiger partial charge in [0.05, 0.1) is 58.5 Å². The van der Waals surface area contributed by atoms with Crippen molar-refractivity contribution in [2.75, 3.05) is 65.9 Å². The minimum absolute atomic E-state index is 0.0473. The van der Waals surface area contributed by atoms with Gasteiger partial charge in [-0.05, 0) is 143 Å². The molecule has 5 rings (SSSR count). The molecule has 10 atom stereocenters. The van der Waals surface area contributed by atoms with E-state index in [-0.39, 0.29) is 6.10 Å². The zero-order valence-corrected chi connectivity index (χ0v) is 42.4. The molecule has 364 valence electrons. The van der Waals surface area contributed by atoms with Crippen molar-refractivity contribution >= 4 is 0 Å². The highest BCUT2D eigenvalue weighted by atomic mass is 16.6. The fourth-order valence-electron chi connectivity index (χ4n) is 13.3. The smallest absolute Gasteiger partial charge is 0.0936 e. The molecule has 0 amide bonds. The van der Waals surface area contributed by atoms with Gasteiger partial charge in [0.2, 0.25) is 0 Å². The molecule has 0 radical (unpaired) electrons. The Morgan fingerprint density at radius 1 is 0.778 bits per heavy atom. The van der Waals surface area contributed by atoms with E-state index in [1.54, 1.807) is 5.57 Å². The SMILES string of the molecule is CCCCCC=CCC=CCCCCCCCCOC[C@@H](CN1CCOC[C@@H]1C)OCCOCCO[C@H]1CC[C@@]2(C)C(=CCC3[C@@H]4CC[C@H]([C@H](C)CCCC(C)C)[C@@]4(C)CC[C@@H]32)C1. The van der Waals surface area contributed by atoms with Crippen LogP contribution in [0.5, 0.6) is 0 Å². The summed E-state index contributed by atoms with van der Waals surface area (Å²) in [6.07, 6.45) is 42.7. The van der Waals surface area contributed by atoms with Crippen LogP contribution in [0.25, 0.3) is 0 Å². The number of unbranched alkanes of at least 4 members (excludes halogenated alkanes) is 9. The van der Waals surface area contributed by atoms with Crippen LogP contribution in [0.4, 0.5) is 0 Å². The van der Waals surface area contributed by atoms with Crippen molar-refractivity contribution in [1.29, 1.82) is 0 Å². The van der Waals surface area contributed by atoms with Crippen molar-refractivity contribution in [3.63, 3.8) is 0 Å². The standard InChI is InChI=1S/C57H101NO5/c1-8-9-10-11-12-13-14-15-16-17-18-19-20-21-22-23-36-60-45-51(43-58-35-37-61-44-48(58)5)63-41-39-59-38-40-62-50-31-33-56(6)49(42-50)27-28-52-54-30-29-53(47(4)26-24-25-46(2)3)57(54,7)34-32-55(52)56/h12-13,15-16,27,46-48,50-55H,8-11,14,17-26,28-45H2,1-7H3/t47-,48+,50+,51-,52?,53-,54+,55+,56+,57-/m1/s1. The third kappa shape index (κ3) is 16.9. The van der Waals surface area contributed by atoms with Crippen molar-refractivity contribution in [2.24, 2.45) is 46.3 Å². The predicted molar refractivity (Wildman–Crippen MR) is 265 cm³/mol. The Kier molecular flexibility index (Phi) is 24.4. The quantitative estimate of drug-likeness (QED) is 0.0496. The number of hydrogen-bond acceptors (Lipinski definition) is 6. The Morgan fingerprint density at radius 3 is 2.32 bits per heavy atom. The number of morpholine rings is 1. The third-order valence-electron chi connectivity index (χ3n) is 17.2. The first-order valence-electron chi connectivity index (χ1n) is 27.4. The number of allylic oxidation sites excluding steroid dienone is 5. The topological polar surface area (TPSA) is 49.4 Å². The fourth-order valence-corrected chi connectivity index (χ4v) is 13.3. The van der Waals surface area contributed by atoms with E-state index < -0.39 is 0 Å². The van der Waals surface area contributed by atoms with Crippen LogP contribution in [0.3, 0.4) is 0 Å². The van der Waals surface area contributed by atoms with E-state index in [4.69, 9.17) is 23.7 Å². The van der Waals surface area contributed by atoms with E-state index in [1.807, 2.05) is 0 Å². The monoisotopic (exact) mass is 880 g/mol. The molecule has 1 unspecified atom stereocenters. The zero-order chi connectivity index (χ0) is 44.8. The normalized spacial score (nSPS) is 31.1. The van der Waals surface area contributed by atoms with Crippen molar-refractivity contribution in [2.45, 2.75) is 214 Å². The van der Waals surface area contributed by atoms with E-state index in [1.165, 1.54) is 128 Å². The van der Waals surface area contributed by atoms with E-state index in [0.29, 0.717) is 56.0 Å². The second-order valence-corrected chi connectivity index (χ2v) is 22.2. The number of hydrogen-bond donors (Lipinski definition) is 0. The summed E-state index contributed by atoms with van der Waals surface area (Å²) in [4.78, 5) is 2.50. The molecule has 0 N–H and O–H groups in total. The molecular formula is C57H101NO5. The minimum atomic E-state index is 0.0473. The van der Waals surface area contributed by atoms with Gasteiger partial charge in [-0.25, -0.2) is 0 Å². The maximum absolute atomic E-state index is 6.52. The molecular weight excluding hydrogens is 779 g/mol. The van der Waals surface area contributed by atoms with Gasteiger partial charge in [-0.15, -0.1) is 0 Å². The summed E-state index contributed by atoms with van der Waals surface area (Å²) < 4.78 is 31.0. The van der Waals surface area contributed by atoms with Gasteiger partial charge < -0.3 is 23.7 Å². The van der Waals surface area contributed by atoms with Gasteiger partial charge in [0.15, 0.2) is 0 Å². The Hall–Kier alpha value is -1.02. The molecule has 0 aromatic carbocycles. The first-order chi connectivity index (χ1) is 30.7. The average Bonchev–Trinajstić information content (AvgIpc) is 3.63. The molecule has 0 aromatic heterocycles. The molecule has 3 saturated carbocycles. The summed E-state index contributed by atoms with van der Waals surface area (Å²) in [7, 11) is 0. The molecule has 6 heteroatoms. The van der Waals surface area contributed by atoms with Crippen LogP contribution in [0.2, 0.25) is 0 Å². The molecule has 1 saturated heterocycles. The van der Waals surface area contributed by atoms with E-state index in [9.17, 15) is 0 Å². The van der Waals surface area contributed by atoms with Crippen molar-refractivity contribution in [3.05, 3.63) is 36.0 Å². The van der Waals surface area contributed by atoms with Crippen LogP contribution in [-0.2, 0) is 23.7 Å². The number of rotatable bonds is 32. The molecule has 5 aliphatic rings. The second-order valence-electron chi connectivity index (χ2n) is 22.2. The van der Waals surface area contributed by atoms with Crippen molar-refractivity contribution < 1.29 is 23.7 Å². The summed E-state index contributed by atoms with van der Waals surface area (Å²) in [5, 5.41) is 0. The lowest BCUT2D eigenvalue weighted by Gasteiger charge is -2.58. The molecule has 1 aliphatic heterocycles. The average molecular weight is 880 g/mol. The van der Waals surface area contributed by atoms with Crippen LogP contribution < -0.4 is 0 Å². The Balaban J connectivity index is 0.925. The first kappa shape index (κ1) is 52.9. The maximum atomic E-state index is 6.52. The summed E-state index contributed by atoms with van der Waals surface area (Å²) in [6, 6.07) is 0.408. The molecule has 0 aromatic rings. The van der Waals surface area contributed by atoms with Crippen LogP contribution >= 0.6 is 0 Å². The van der Waals surface area contributed by atoms with E-state index >= 15 is 0 Å². The van der Waals surface area contributed by atoms with Gasteiger partial charge in [0.1, 0.15) is 0 Å². The third-order valence-corrected chi connectivity index (χ3v) is 17.2. The van der Waals surface area contributed by atoms with Crippen molar-refractivity contribution in [1.82, 2.24) is 4.90 Å². The van der Waals surface area contributed by atoms with E-state index in [2.05, 4.69) is 83.7 Å². The fraction of sp³-hybridized carbons (Fsp3) is 0.895. The Morgan fingerprint density at radius 2 is 1.54 bits per heavy atom. The molecule has 6 nitrogen and oxygen atoms in total. The predicted octanol–water partition coefficient (Wildman–Crippen LogP) is 14.4. The van der Waals surface area contributed by atoms with Crippen LogP contribution in [0.1, 0.15) is 196 Å². The highest BCUT2D eigenvalue weighted by Crippen LogP contribution is 2.67. The summed E-state index contributed by atoms with van der Waals surface area (Å²) in [5.41, 5.74) is 2.66. The molecule has 0 spiro atoms. The van der Waals surface area contributed by atoms with Crippen LogP contribution in [-0.4, -0.2) is 89.1 Å². The lowest BCUT2D eigenvalue weighted by Crippen LogP contribution is -2.51. The van der Waals surface area contributed by atoms with Gasteiger partial charge in [-0.1, -0.05) is 135 Å². The first-order valence-corrected chi connectivity index (χ1v) is 27.4. The molecule has 0 bridgehead atoms. The lowest BCUT2D eigenvalue weighted by atomic mass is 9.47. The van der Waals surface area contributed by atoms with Gasteiger partial charge in [-0.2, -0.15) is 0 Å². The molecule has 4 aliphatic carbocycles. The summed E-state index contributed by atoms with van der Waals surface area (Å²) in [5.74, 6) is 5.33. The van der Waals surface area contributed by atoms with Gasteiger partial charge in [0.25, 0.3) is 0 Å². The highest BCUT2D eigenvalue weighted by molar-refractivity contribution is 5.25. The lowest BCUT2D eigenvalue weighted by molar-refractivity contribution is -0.0812. The molecule has 4 fully saturated rings. The zero-order valence-electron chi connectivity index (χ0n) is 42.4. The molecule has 63 heavy (non-hydrogen) atoms. The molecule has 1 heterocycles. The van der Waals surface area contributed by atoms with Gasteiger partial charge >= 0.3 is 0 Å². The van der Waals surface area contributed by atoms with Crippen LogP contribution in [0.15, 0.2) is 36.0 Å². The van der Waals surface area contributed by atoms with E-state index in [0.717, 1.165) is 87.7 Å².